The second kappa shape index (κ2) is 3.81. The standard InChI is InChI=1S/C9H5ClFNS2/c10-7-3-5(11)1-2-6(7)8-4-14-9(13)12-8/h1-4H,(H,12,13). The van der Waals surface area contributed by atoms with Gasteiger partial charge in [-0.15, -0.1) is 11.3 Å². The highest BCUT2D eigenvalue weighted by atomic mass is 35.5. The van der Waals surface area contributed by atoms with Crippen molar-refractivity contribution in [1.82, 2.24) is 4.98 Å². The topological polar surface area (TPSA) is 15.8 Å². The van der Waals surface area contributed by atoms with Crippen molar-refractivity contribution >= 4 is 35.2 Å². The number of rotatable bonds is 1. The van der Waals surface area contributed by atoms with Crippen molar-refractivity contribution in [3.63, 3.8) is 0 Å². The number of hydrogen-bond donors (Lipinski definition) is 1. The number of hydrogen-bond acceptors (Lipinski definition) is 2. The molecule has 0 unspecified atom stereocenters. The van der Waals surface area contributed by atoms with E-state index in [4.69, 9.17) is 23.8 Å². The Morgan fingerprint density at radius 2 is 2.21 bits per heavy atom. The molecule has 2 aromatic rings. The third kappa shape index (κ3) is 1.87. The molecule has 0 bridgehead atoms. The first-order valence-electron chi connectivity index (χ1n) is 3.80. The molecule has 1 heterocycles. The zero-order valence-electron chi connectivity index (χ0n) is 6.88. The molecule has 72 valence electrons. The van der Waals surface area contributed by atoms with Crippen LogP contribution in [0.4, 0.5) is 4.39 Å². The van der Waals surface area contributed by atoms with E-state index in [2.05, 4.69) is 4.98 Å². The number of thiazole rings is 1. The van der Waals surface area contributed by atoms with E-state index in [1.54, 1.807) is 6.07 Å². The van der Waals surface area contributed by atoms with Crippen LogP contribution in [0.5, 0.6) is 0 Å². The van der Waals surface area contributed by atoms with Gasteiger partial charge in [0.15, 0.2) is 3.95 Å². The quantitative estimate of drug-likeness (QED) is 0.742. The third-order valence-electron chi connectivity index (χ3n) is 1.74. The van der Waals surface area contributed by atoms with Crippen molar-refractivity contribution < 1.29 is 4.39 Å². The molecule has 0 amide bonds. The fraction of sp³-hybridized carbons (Fsp3) is 0. The lowest BCUT2D eigenvalue weighted by atomic mass is 10.2. The minimum absolute atomic E-state index is 0.340. The van der Waals surface area contributed by atoms with Gasteiger partial charge in [0.25, 0.3) is 0 Å². The minimum Gasteiger partial charge on any atom is -0.337 e. The molecule has 0 atom stereocenters. The average molecular weight is 246 g/mol. The largest absolute Gasteiger partial charge is 0.337 e. The van der Waals surface area contributed by atoms with Crippen LogP contribution in [-0.2, 0) is 0 Å². The van der Waals surface area contributed by atoms with E-state index in [1.807, 2.05) is 5.38 Å². The zero-order valence-corrected chi connectivity index (χ0v) is 9.27. The van der Waals surface area contributed by atoms with Crippen LogP contribution in [0.2, 0.25) is 5.02 Å². The van der Waals surface area contributed by atoms with Gasteiger partial charge in [-0.25, -0.2) is 4.39 Å². The van der Waals surface area contributed by atoms with Crippen molar-refractivity contribution in [2.45, 2.75) is 0 Å². The van der Waals surface area contributed by atoms with Gasteiger partial charge in [0.2, 0.25) is 0 Å². The minimum atomic E-state index is -0.340. The molecule has 0 aliphatic rings. The van der Waals surface area contributed by atoms with E-state index < -0.39 is 0 Å². The van der Waals surface area contributed by atoms with Gasteiger partial charge in [-0.2, -0.15) is 0 Å². The Balaban J connectivity index is 2.57. The predicted molar refractivity (Wildman–Crippen MR) is 59.9 cm³/mol. The fourth-order valence-corrected chi connectivity index (χ4v) is 2.22. The molecular weight excluding hydrogens is 241 g/mol. The van der Waals surface area contributed by atoms with Crippen molar-refractivity contribution in [2.75, 3.05) is 0 Å². The zero-order chi connectivity index (χ0) is 10.1. The van der Waals surface area contributed by atoms with E-state index in [0.717, 1.165) is 11.3 Å². The molecule has 0 spiro atoms. The third-order valence-corrected chi connectivity index (χ3v) is 3.11. The Morgan fingerprint density at radius 3 is 2.79 bits per heavy atom. The number of aromatic nitrogens is 1. The first-order valence-corrected chi connectivity index (χ1v) is 5.46. The molecule has 1 nitrogen and oxygen atoms in total. The summed E-state index contributed by atoms with van der Waals surface area (Å²) in [6.07, 6.45) is 0. The molecule has 0 saturated heterocycles. The van der Waals surface area contributed by atoms with Crippen LogP contribution in [0.25, 0.3) is 11.3 Å². The lowest BCUT2D eigenvalue weighted by Gasteiger charge is -2.00. The summed E-state index contributed by atoms with van der Waals surface area (Å²) in [7, 11) is 0. The van der Waals surface area contributed by atoms with Crippen LogP contribution in [0.15, 0.2) is 23.6 Å². The van der Waals surface area contributed by atoms with Gasteiger partial charge in [0.1, 0.15) is 5.82 Å². The van der Waals surface area contributed by atoms with Gasteiger partial charge < -0.3 is 4.98 Å². The van der Waals surface area contributed by atoms with Crippen molar-refractivity contribution in [2.24, 2.45) is 0 Å². The van der Waals surface area contributed by atoms with Crippen LogP contribution in [0.3, 0.4) is 0 Å². The number of H-pyrrole nitrogens is 1. The van der Waals surface area contributed by atoms with Gasteiger partial charge in [-0.1, -0.05) is 11.6 Å². The first-order chi connectivity index (χ1) is 6.66. The summed E-state index contributed by atoms with van der Waals surface area (Å²) in [6, 6.07) is 4.28. The Bertz CT molecular complexity index is 518. The Kier molecular flexibility index (Phi) is 2.67. The van der Waals surface area contributed by atoms with Gasteiger partial charge in [-0.05, 0) is 30.4 Å². The maximum atomic E-state index is 12.8. The van der Waals surface area contributed by atoms with Crippen molar-refractivity contribution in [1.29, 1.82) is 0 Å². The predicted octanol–water partition coefficient (Wildman–Crippen LogP) is 4.27. The summed E-state index contributed by atoms with van der Waals surface area (Å²) < 4.78 is 13.4. The molecule has 0 saturated carbocycles. The molecule has 1 aromatic carbocycles. The molecule has 0 radical (unpaired) electrons. The van der Waals surface area contributed by atoms with Crippen molar-refractivity contribution in [3.05, 3.63) is 38.4 Å². The maximum Gasteiger partial charge on any atom is 0.158 e. The molecule has 0 aliphatic carbocycles. The van der Waals surface area contributed by atoms with Crippen molar-refractivity contribution in [3.8, 4) is 11.3 Å². The number of benzene rings is 1. The second-order valence-electron chi connectivity index (χ2n) is 2.69. The summed E-state index contributed by atoms with van der Waals surface area (Å²) in [5.74, 6) is -0.340. The van der Waals surface area contributed by atoms with Gasteiger partial charge in [-0.3, -0.25) is 0 Å². The van der Waals surface area contributed by atoms with Crippen LogP contribution >= 0.6 is 35.2 Å². The molecule has 1 aromatic heterocycles. The highest BCUT2D eigenvalue weighted by Gasteiger charge is 2.05. The van der Waals surface area contributed by atoms with E-state index in [9.17, 15) is 4.39 Å². The van der Waals surface area contributed by atoms with Crippen LogP contribution < -0.4 is 0 Å². The van der Waals surface area contributed by atoms with Crippen LogP contribution in [0.1, 0.15) is 0 Å². The summed E-state index contributed by atoms with van der Waals surface area (Å²) in [5, 5.41) is 2.25. The average Bonchev–Trinajstić information content (AvgIpc) is 2.51. The Morgan fingerprint density at radius 1 is 1.43 bits per heavy atom. The Labute approximate surface area is 94.2 Å². The lowest BCUT2D eigenvalue weighted by Crippen LogP contribution is -1.81. The maximum absolute atomic E-state index is 12.8. The van der Waals surface area contributed by atoms with E-state index in [1.165, 1.54) is 23.5 Å². The Hall–Kier alpha value is -0.710. The molecule has 0 fully saturated rings. The molecular formula is C9H5ClFNS2. The summed E-state index contributed by atoms with van der Waals surface area (Å²) in [6.45, 7) is 0. The summed E-state index contributed by atoms with van der Waals surface area (Å²) >= 11 is 12.3. The fourth-order valence-electron chi connectivity index (χ4n) is 1.12. The highest BCUT2D eigenvalue weighted by Crippen LogP contribution is 2.28. The lowest BCUT2D eigenvalue weighted by molar-refractivity contribution is 0.628. The first kappa shape index (κ1) is 9.83. The van der Waals surface area contributed by atoms with Gasteiger partial charge in [0, 0.05) is 10.9 Å². The number of halogens is 2. The van der Waals surface area contributed by atoms with Gasteiger partial charge >= 0.3 is 0 Å². The second-order valence-corrected chi connectivity index (χ2v) is 4.64. The molecule has 5 heteroatoms. The van der Waals surface area contributed by atoms with E-state index in [0.29, 0.717) is 8.98 Å². The molecule has 1 N–H and O–H groups in total. The SMILES string of the molecule is Fc1ccc(-c2csc(=S)[nH]2)c(Cl)c1. The number of aromatic amines is 1. The summed E-state index contributed by atoms with van der Waals surface area (Å²) in [5.41, 5.74) is 1.59. The van der Waals surface area contributed by atoms with E-state index >= 15 is 0 Å². The van der Waals surface area contributed by atoms with Crippen LogP contribution in [0, 0.1) is 9.77 Å². The highest BCUT2D eigenvalue weighted by molar-refractivity contribution is 7.73. The molecule has 2 rings (SSSR count). The normalized spacial score (nSPS) is 10.4. The monoisotopic (exact) mass is 245 g/mol. The molecule has 14 heavy (non-hydrogen) atoms. The smallest absolute Gasteiger partial charge is 0.158 e. The summed E-state index contributed by atoms with van der Waals surface area (Å²) in [4.78, 5) is 2.98. The number of nitrogens with one attached hydrogen (secondary N) is 1. The van der Waals surface area contributed by atoms with Crippen LogP contribution in [-0.4, -0.2) is 4.98 Å². The molecule has 0 aliphatic heterocycles. The van der Waals surface area contributed by atoms with Gasteiger partial charge in [0.05, 0.1) is 10.7 Å². The van der Waals surface area contributed by atoms with E-state index in [-0.39, 0.29) is 5.82 Å².